The summed E-state index contributed by atoms with van der Waals surface area (Å²) in [5.41, 5.74) is 2.18. The van der Waals surface area contributed by atoms with Crippen molar-refractivity contribution in [2.24, 2.45) is 5.14 Å². The first-order valence-electron chi connectivity index (χ1n) is 6.49. The number of fused-ring (bicyclic) bond motifs is 1. The number of hydrogen-bond acceptors (Lipinski definition) is 3. The second-order valence-electron chi connectivity index (χ2n) is 4.91. The Morgan fingerprint density at radius 3 is 2.48 bits per heavy atom. The maximum Gasteiger partial charge on any atom is 0.258 e. The van der Waals surface area contributed by atoms with Gasteiger partial charge in [0.1, 0.15) is 0 Å². The molecule has 3 rings (SSSR count). The number of anilines is 1. The molecule has 6 heteroatoms. The minimum atomic E-state index is -3.72. The fourth-order valence-electron chi connectivity index (χ4n) is 2.50. The van der Waals surface area contributed by atoms with Gasteiger partial charge in [-0.3, -0.25) is 4.79 Å². The van der Waals surface area contributed by atoms with Crippen LogP contribution in [0, 0.1) is 0 Å². The second kappa shape index (κ2) is 4.98. The number of benzene rings is 2. The molecule has 0 aliphatic carbocycles. The smallest absolute Gasteiger partial charge is 0.258 e. The molecule has 0 saturated heterocycles. The minimum Gasteiger partial charge on any atom is -0.308 e. The number of carbonyl (C=O) groups is 1. The fourth-order valence-corrected chi connectivity index (χ4v) is 3.07. The van der Waals surface area contributed by atoms with Crippen molar-refractivity contribution in [2.75, 3.05) is 11.4 Å². The number of carbonyl (C=O) groups excluding carboxylic acids is 1. The highest BCUT2D eigenvalue weighted by atomic mass is 32.2. The van der Waals surface area contributed by atoms with Gasteiger partial charge < -0.3 is 4.90 Å². The number of nitrogens with two attached hydrogens (primary N) is 1. The van der Waals surface area contributed by atoms with E-state index in [2.05, 4.69) is 0 Å². The summed E-state index contributed by atoms with van der Waals surface area (Å²) < 4.78 is 22.7. The molecule has 0 unspecified atom stereocenters. The van der Waals surface area contributed by atoms with Crippen molar-refractivity contribution in [2.45, 2.75) is 11.3 Å². The molecule has 108 valence electrons. The molecule has 1 aliphatic heterocycles. The van der Waals surface area contributed by atoms with Gasteiger partial charge in [-0.15, -0.1) is 0 Å². The van der Waals surface area contributed by atoms with Crippen LogP contribution < -0.4 is 10.0 Å². The minimum absolute atomic E-state index is 0.0789. The summed E-state index contributed by atoms with van der Waals surface area (Å²) in [7, 11) is -3.72. The molecule has 1 heterocycles. The predicted octanol–water partition coefficient (Wildman–Crippen LogP) is 1.54. The number of hydrogen-bond donors (Lipinski definition) is 1. The summed E-state index contributed by atoms with van der Waals surface area (Å²) in [5, 5.41) is 5.13. The van der Waals surface area contributed by atoms with Gasteiger partial charge in [-0.2, -0.15) is 0 Å². The lowest BCUT2D eigenvalue weighted by Crippen LogP contribution is -2.28. The van der Waals surface area contributed by atoms with Crippen LogP contribution in [0.25, 0.3) is 0 Å². The Morgan fingerprint density at radius 2 is 1.81 bits per heavy atom. The number of primary sulfonamides is 1. The number of sulfonamides is 1. The van der Waals surface area contributed by atoms with Crippen molar-refractivity contribution >= 4 is 21.6 Å². The van der Waals surface area contributed by atoms with Crippen LogP contribution in [0.2, 0.25) is 0 Å². The van der Waals surface area contributed by atoms with Crippen LogP contribution in [-0.2, 0) is 16.4 Å². The molecule has 2 N–H and O–H groups in total. The molecule has 0 spiro atoms. The van der Waals surface area contributed by atoms with E-state index in [1.165, 1.54) is 6.07 Å². The SMILES string of the molecule is NS(=O)(=O)c1ccc2c(c1)CCN2C(=O)c1ccccc1. The molecule has 2 aromatic carbocycles. The first kappa shape index (κ1) is 13.8. The van der Waals surface area contributed by atoms with E-state index in [1.54, 1.807) is 29.2 Å². The van der Waals surface area contributed by atoms with Gasteiger partial charge in [-0.05, 0) is 42.3 Å². The third kappa shape index (κ3) is 2.55. The van der Waals surface area contributed by atoms with Gasteiger partial charge in [0.25, 0.3) is 5.91 Å². The standard InChI is InChI=1S/C15H14N2O3S/c16-21(19,20)13-6-7-14-12(10-13)8-9-17(14)15(18)11-4-2-1-3-5-11/h1-7,10H,8-9H2,(H2,16,19,20). The van der Waals surface area contributed by atoms with Crippen molar-refractivity contribution in [3.05, 3.63) is 59.7 Å². The van der Waals surface area contributed by atoms with E-state index in [9.17, 15) is 13.2 Å². The summed E-state index contributed by atoms with van der Waals surface area (Å²) in [5.74, 6) is -0.0855. The van der Waals surface area contributed by atoms with Gasteiger partial charge in [0.05, 0.1) is 4.90 Å². The lowest BCUT2D eigenvalue weighted by atomic mass is 10.1. The molecule has 0 aromatic heterocycles. The number of amides is 1. The second-order valence-corrected chi connectivity index (χ2v) is 6.47. The molecule has 0 saturated carbocycles. The van der Waals surface area contributed by atoms with Crippen LogP contribution in [0.3, 0.4) is 0 Å². The Morgan fingerprint density at radius 1 is 1.10 bits per heavy atom. The van der Waals surface area contributed by atoms with Crippen LogP contribution in [0.4, 0.5) is 5.69 Å². The van der Waals surface area contributed by atoms with E-state index < -0.39 is 10.0 Å². The zero-order valence-electron chi connectivity index (χ0n) is 11.2. The van der Waals surface area contributed by atoms with Crippen LogP contribution in [-0.4, -0.2) is 20.9 Å². The molecule has 21 heavy (non-hydrogen) atoms. The van der Waals surface area contributed by atoms with Crippen molar-refractivity contribution in [3.8, 4) is 0 Å². The lowest BCUT2D eigenvalue weighted by Gasteiger charge is -2.17. The van der Waals surface area contributed by atoms with E-state index in [4.69, 9.17) is 5.14 Å². The number of nitrogens with zero attached hydrogens (tertiary/aromatic N) is 1. The molecule has 1 amide bonds. The summed E-state index contributed by atoms with van der Waals surface area (Å²) >= 11 is 0. The van der Waals surface area contributed by atoms with E-state index in [1.807, 2.05) is 18.2 Å². The first-order chi connectivity index (χ1) is 9.97. The lowest BCUT2D eigenvalue weighted by molar-refractivity contribution is 0.0989. The Kier molecular flexibility index (Phi) is 3.27. The molecule has 0 atom stereocenters. The summed E-state index contributed by atoms with van der Waals surface area (Å²) in [4.78, 5) is 14.2. The Hall–Kier alpha value is -2.18. The highest BCUT2D eigenvalue weighted by Crippen LogP contribution is 2.31. The fraction of sp³-hybridized carbons (Fsp3) is 0.133. The topological polar surface area (TPSA) is 80.5 Å². The van der Waals surface area contributed by atoms with Crippen LogP contribution in [0.15, 0.2) is 53.4 Å². The van der Waals surface area contributed by atoms with Gasteiger partial charge >= 0.3 is 0 Å². The number of rotatable bonds is 2. The zero-order chi connectivity index (χ0) is 15.0. The van der Waals surface area contributed by atoms with E-state index in [0.717, 1.165) is 11.3 Å². The van der Waals surface area contributed by atoms with Crippen LogP contribution >= 0.6 is 0 Å². The summed E-state index contributed by atoms with van der Waals surface area (Å²) in [6, 6.07) is 13.6. The van der Waals surface area contributed by atoms with Crippen LogP contribution in [0.1, 0.15) is 15.9 Å². The average Bonchev–Trinajstić information content (AvgIpc) is 2.89. The van der Waals surface area contributed by atoms with Crippen molar-refractivity contribution < 1.29 is 13.2 Å². The molecule has 2 aromatic rings. The predicted molar refractivity (Wildman–Crippen MR) is 79.6 cm³/mol. The average molecular weight is 302 g/mol. The molecule has 5 nitrogen and oxygen atoms in total. The maximum atomic E-state index is 12.5. The normalized spacial score (nSPS) is 14.0. The van der Waals surface area contributed by atoms with E-state index in [-0.39, 0.29) is 10.8 Å². The van der Waals surface area contributed by atoms with Crippen molar-refractivity contribution in [1.82, 2.24) is 0 Å². The Bertz CT molecular complexity index is 801. The molecular weight excluding hydrogens is 288 g/mol. The molecule has 1 aliphatic rings. The maximum absolute atomic E-state index is 12.5. The van der Waals surface area contributed by atoms with E-state index in [0.29, 0.717) is 18.5 Å². The first-order valence-corrected chi connectivity index (χ1v) is 8.04. The van der Waals surface area contributed by atoms with Gasteiger partial charge in [-0.1, -0.05) is 18.2 Å². The third-order valence-electron chi connectivity index (χ3n) is 3.54. The summed E-state index contributed by atoms with van der Waals surface area (Å²) in [6.07, 6.45) is 0.622. The molecule has 0 radical (unpaired) electrons. The van der Waals surface area contributed by atoms with Crippen molar-refractivity contribution in [1.29, 1.82) is 0 Å². The zero-order valence-corrected chi connectivity index (χ0v) is 12.0. The van der Waals surface area contributed by atoms with Gasteiger partial charge in [0.2, 0.25) is 10.0 Å². The quantitative estimate of drug-likeness (QED) is 0.913. The van der Waals surface area contributed by atoms with E-state index >= 15 is 0 Å². The summed E-state index contributed by atoms with van der Waals surface area (Å²) in [6.45, 7) is 0.539. The Balaban J connectivity index is 1.97. The third-order valence-corrected chi connectivity index (χ3v) is 4.45. The molecule has 0 bridgehead atoms. The van der Waals surface area contributed by atoms with Crippen molar-refractivity contribution in [3.63, 3.8) is 0 Å². The van der Waals surface area contributed by atoms with Gasteiger partial charge in [-0.25, -0.2) is 13.6 Å². The monoisotopic (exact) mass is 302 g/mol. The van der Waals surface area contributed by atoms with Gasteiger partial charge in [0.15, 0.2) is 0 Å². The largest absolute Gasteiger partial charge is 0.308 e. The van der Waals surface area contributed by atoms with Crippen LogP contribution in [0.5, 0.6) is 0 Å². The Labute approximate surface area is 123 Å². The molecule has 0 fully saturated rings. The highest BCUT2D eigenvalue weighted by molar-refractivity contribution is 7.89. The van der Waals surface area contributed by atoms with Gasteiger partial charge in [0, 0.05) is 17.8 Å². The molecular formula is C15H14N2O3S. The highest BCUT2D eigenvalue weighted by Gasteiger charge is 2.26.